The Balaban J connectivity index is 2.18. The molecule has 3 heteroatoms. The first kappa shape index (κ1) is 15.4. The van der Waals surface area contributed by atoms with Gasteiger partial charge in [-0.2, -0.15) is 0 Å². The second-order valence-electron chi connectivity index (χ2n) is 4.03. The highest BCUT2D eigenvalue weighted by molar-refractivity contribution is 9.11. The maximum Gasteiger partial charge on any atom is 0.243 e. The summed E-state index contributed by atoms with van der Waals surface area (Å²) in [4.78, 5) is 11.3. The fourth-order valence-corrected chi connectivity index (χ4v) is 1.55. The van der Waals surface area contributed by atoms with Crippen LogP contribution < -0.4 is 5.32 Å². The zero-order valence-corrected chi connectivity index (χ0v) is 12.4. The third-order valence-electron chi connectivity index (χ3n) is 2.33. The molecular formula is C16H18BrNO. The van der Waals surface area contributed by atoms with Crippen LogP contribution in [0.25, 0.3) is 6.08 Å². The van der Waals surface area contributed by atoms with E-state index < -0.39 is 0 Å². The fraction of sp³-hybridized carbons (Fsp3) is 0.188. The molecule has 1 amide bonds. The predicted octanol–water partition coefficient (Wildman–Crippen LogP) is 4.06. The molecule has 1 aromatic carbocycles. The monoisotopic (exact) mass is 319 g/mol. The van der Waals surface area contributed by atoms with Crippen LogP contribution in [0.2, 0.25) is 0 Å². The number of rotatable bonds is 7. The Hall–Kier alpha value is -1.61. The molecule has 0 aliphatic heterocycles. The van der Waals surface area contributed by atoms with E-state index in [0.29, 0.717) is 6.54 Å². The second kappa shape index (κ2) is 9.34. The van der Waals surface area contributed by atoms with Crippen molar-refractivity contribution in [3.05, 3.63) is 65.2 Å². The maximum absolute atomic E-state index is 11.3. The number of amides is 1. The largest absolute Gasteiger partial charge is 0.348 e. The molecule has 0 heterocycles. The molecule has 0 aliphatic carbocycles. The number of unbranched alkanes of at least 4 members (excludes halogenated alkanes) is 1. The van der Waals surface area contributed by atoms with Gasteiger partial charge in [-0.1, -0.05) is 71.1 Å². The molecule has 0 saturated heterocycles. The summed E-state index contributed by atoms with van der Waals surface area (Å²) >= 11 is 3.19. The molecule has 1 N–H and O–H groups in total. The Labute approximate surface area is 123 Å². The molecule has 0 atom stereocenters. The lowest BCUT2D eigenvalue weighted by Gasteiger charge is -1.98. The zero-order chi connectivity index (χ0) is 13.9. The van der Waals surface area contributed by atoms with Crippen LogP contribution in [0, 0.1) is 0 Å². The quantitative estimate of drug-likeness (QED) is 0.596. The lowest BCUT2D eigenvalue weighted by atomic mass is 10.2. The summed E-state index contributed by atoms with van der Waals surface area (Å²) in [6, 6.07) is 10.2. The van der Waals surface area contributed by atoms with Crippen molar-refractivity contribution in [1.82, 2.24) is 5.32 Å². The number of hydrogen-bond acceptors (Lipinski definition) is 1. The highest BCUT2D eigenvalue weighted by Crippen LogP contribution is 2.03. The average Bonchev–Trinajstić information content (AvgIpc) is 2.41. The zero-order valence-electron chi connectivity index (χ0n) is 10.8. The van der Waals surface area contributed by atoms with Gasteiger partial charge in [0.05, 0.1) is 0 Å². The molecule has 0 aliphatic rings. The van der Waals surface area contributed by atoms with Gasteiger partial charge in [-0.25, -0.2) is 0 Å². The molecule has 100 valence electrons. The van der Waals surface area contributed by atoms with E-state index in [-0.39, 0.29) is 5.91 Å². The topological polar surface area (TPSA) is 29.1 Å². The fourth-order valence-electron chi connectivity index (χ4n) is 1.41. The van der Waals surface area contributed by atoms with Crippen molar-refractivity contribution in [3.8, 4) is 0 Å². The normalized spacial score (nSPS) is 11.0. The van der Waals surface area contributed by atoms with Crippen molar-refractivity contribution in [2.24, 2.45) is 0 Å². The molecule has 0 aromatic heterocycles. The average molecular weight is 320 g/mol. The van der Waals surface area contributed by atoms with Crippen LogP contribution in [0.15, 0.2) is 59.6 Å². The predicted molar refractivity (Wildman–Crippen MR) is 84.9 cm³/mol. The Morgan fingerprint density at radius 2 is 1.89 bits per heavy atom. The van der Waals surface area contributed by atoms with Crippen LogP contribution in [0.4, 0.5) is 0 Å². The van der Waals surface area contributed by atoms with Gasteiger partial charge < -0.3 is 5.32 Å². The molecule has 2 nitrogen and oxygen atoms in total. The number of nitrogens with one attached hydrogen (secondary N) is 1. The van der Waals surface area contributed by atoms with Crippen LogP contribution >= 0.6 is 15.9 Å². The van der Waals surface area contributed by atoms with Crippen molar-refractivity contribution in [3.63, 3.8) is 0 Å². The highest BCUT2D eigenvalue weighted by atomic mass is 79.9. The van der Waals surface area contributed by atoms with E-state index in [1.165, 1.54) is 5.56 Å². The van der Waals surface area contributed by atoms with Crippen LogP contribution in [0.5, 0.6) is 0 Å². The number of halogens is 1. The third-order valence-corrected chi connectivity index (χ3v) is 2.61. The van der Waals surface area contributed by atoms with E-state index in [9.17, 15) is 4.79 Å². The summed E-state index contributed by atoms with van der Waals surface area (Å²) in [7, 11) is 0. The van der Waals surface area contributed by atoms with Crippen molar-refractivity contribution < 1.29 is 4.79 Å². The van der Waals surface area contributed by atoms with Crippen molar-refractivity contribution in [2.75, 3.05) is 6.54 Å². The lowest BCUT2D eigenvalue weighted by Crippen LogP contribution is -2.21. The summed E-state index contributed by atoms with van der Waals surface area (Å²) in [5.41, 5.74) is 1.19. The molecule has 0 unspecified atom stereocenters. The minimum absolute atomic E-state index is 0.0901. The van der Waals surface area contributed by atoms with Gasteiger partial charge in [-0.15, -0.1) is 0 Å². The van der Waals surface area contributed by atoms with Gasteiger partial charge in [0.15, 0.2) is 0 Å². The van der Waals surface area contributed by atoms with Gasteiger partial charge in [-0.3, -0.25) is 4.79 Å². The van der Waals surface area contributed by atoms with Gasteiger partial charge in [0.1, 0.15) is 0 Å². The van der Waals surface area contributed by atoms with Gasteiger partial charge in [-0.05, 0) is 24.5 Å². The summed E-state index contributed by atoms with van der Waals surface area (Å²) < 4.78 is 0.764. The molecular weight excluding hydrogens is 302 g/mol. The highest BCUT2D eigenvalue weighted by Gasteiger charge is 1.93. The van der Waals surface area contributed by atoms with E-state index in [2.05, 4.69) is 52.1 Å². The summed E-state index contributed by atoms with van der Waals surface area (Å²) in [6.07, 6.45) is 9.41. The van der Waals surface area contributed by atoms with E-state index in [0.717, 1.165) is 17.3 Å². The molecule has 19 heavy (non-hydrogen) atoms. The molecule has 0 bridgehead atoms. The van der Waals surface area contributed by atoms with Gasteiger partial charge >= 0.3 is 0 Å². The van der Waals surface area contributed by atoms with Crippen LogP contribution in [-0.2, 0) is 4.79 Å². The standard InChI is InChI=1S/C16H18BrNO/c1-14(17)13-18-16(19)12-8-3-2-5-9-15-10-6-4-7-11-15/h4-12H,1-3,13H2,(H,18,19)/b9-5-,12-8+. The van der Waals surface area contributed by atoms with Crippen LogP contribution in [0.3, 0.4) is 0 Å². The number of carbonyl (C=O) groups excluding carboxylic acids is 1. The third kappa shape index (κ3) is 8.16. The first-order valence-corrected chi connectivity index (χ1v) is 6.97. The van der Waals surface area contributed by atoms with Crippen molar-refractivity contribution >= 4 is 27.9 Å². The van der Waals surface area contributed by atoms with E-state index in [1.54, 1.807) is 6.08 Å². The summed E-state index contributed by atoms with van der Waals surface area (Å²) in [5.74, 6) is -0.0901. The smallest absolute Gasteiger partial charge is 0.243 e. The number of allylic oxidation sites excluding steroid dienone is 2. The van der Waals surface area contributed by atoms with E-state index in [4.69, 9.17) is 0 Å². The van der Waals surface area contributed by atoms with Gasteiger partial charge in [0.2, 0.25) is 5.91 Å². The second-order valence-corrected chi connectivity index (χ2v) is 5.15. The van der Waals surface area contributed by atoms with Crippen LogP contribution in [0.1, 0.15) is 18.4 Å². The first-order chi connectivity index (χ1) is 9.18. The maximum atomic E-state index is 11.3. The van der Waals surface area contributed by atoms with Gasteiger partial charge in [0, 0.05) is 11.0 Å². The Bertz CT molecular complexity index is 463. The minimum Gasteiger partial charge on any atom is -0.348 e. The van der Waals surface area contributed by atoms with Crippen molar-refractivity contribution in [1.29, 1.82) is 0 Å². The summed E-state index contributed by atoms with van der Waals surface area (Å²) in [6.45, 7) is 4.10. The lowest BCUT2D eigenvalue weighted by molar-refractivity contribution is -0.116. The molecule has 0 radical (unpaired) electrons. The molecule has 1 rings (SSSR count). The first-order valence-electron chi connectivity index (χ1n) is 6.17. The molecule has 0 saturated carbocycles. The summed E-state index contributed by atoms with van der Waals surface area (Å²) in [5, 5.41) is 2.71. The molecule has 0 spiro atoms. The SMILES string of the molecule is C=C(Br)CNC(=O)/C=C/CC/C=C\c1ccccc1. The molecule has 0 fully saturated rings. The van der Waals surface area contributed by atoms with Gasteiger partial charge in [0.25, 0.3) is 0 Å². The number of hydrogen-bond donors (Lipinski definition) is 1. The van der Waals surface area contributed by atoms with E-state index >= 15 is 0 Å². The minimum atomic E-state index is -0.0901. The van der Waals surface area contributed by atoms with Crippen molar-refractivity contribution in [2.45, 2.75) is 12.8 Å². The van der Waals surface area contributed by atoms with E-state index in [1.807, 2.05) is 24.3 Å². The van der Waals surface area contributed by atoms with Crippen LogP contribution in [-0.4, -0.2) is 12.5 Å². The number of carbonyl (C=O) groups is 1. The Kier molecular flexibility index (Phi) is 7.59. The molecule has 1 aromatic rings. The Morgan fingerprint density at radius 3 is 2.58 bits per heavy atom. The number of benzene rings is 1. The Morgan fingerprint density at radius 1 is 1.21 bits per heavy atom.